The molecule has 0 aliphatic rings. The Kier molecular flexibility index (Phi) is 42.4. The third-order valence-corrected chi connectivity index (χ3v) is 22.7. The van der Waals surface area contributed by atoms with Gasteiger partial charge < -0.3 is 21.5 Å². The molecule has 123 heavy (non-hydrogen) atoms. The van der Waals surface area contributed by atoms with Gasteiger partial charge in [0, 0.05) is 65.9 Å². The number of hydrogen-bond acceptors (Lipinski definition) is 11. The number of ketones is 1. The van der Waals surface area contributed by atoms with E-state index in [1.54, 1.807) is 42.5 Å². The molecule has 13 nitrogen and oxygen atoms in total. The molecule has 1 heterocycles. The van der Waals surface area contributed by atoms with Crippen LogP contribution in [0.25, 0.3) is 61.6 Å². The highest BCUT2D eigenvalue weighted by Gasteiger charge is 2.31. The summed E-state index contributed by atoms with van der Waals surface area (Å²) in [6, 6.07) is 96.9. The lowest BCUT2D eigenvalue weighted by Gasteiger charge is -2.25. The topological polar surface area (TPSA) is 224 Å². The van der Waals surface area contributed by atoms with Crippen LogP contribution in [0.2, 0.25) is 0 Å². The number of unbranched alkanes of at least 4 members (excludes halogenated alkanes) is 3. The van der Waals surface area contributed by atoms with Gasteiger partial charge in [0.1, 0.15) is 11.6 Å². The van der Waals surface area contributed by atoms with Gasteiger partial charge in [-0.2, -0.15) is 0 Å². The van der Waals surface area contributed by atoms with Crippen LogP contribution in [-0.2, 0) is 21.4 Å². The van der Waals surface area contributed by atoms with Gasteiger partial charge in [-0.05, 0) is 229 Å². The summed E-state index contributed by atoms with van der Waals surface area (Å²) in [4.78, 5) is 36.9. The van der Waals surface area contributed by atoms with E-state index in [1.165, 1.54) is 67.6 Å². The van der Waals surface area contributed by atoms with Crippen LogP contribution in [0.3, 0.4) is 0 Å². The molecule has 0 saturated carbocycles. The average Bonchev–Trinajstić information content (AvgIpc) is 1.63. The van der Waals surface area contributed by atoms with E-state index in [-0.39, 0.29) is 27.4 Å². The predicted octanol–water partition coefficient (Wildman–Crippen LogP) is 26.9. The Labute approximate surface area is 759 Å². The molecular formula is C105H123BBr2Cl2N8O5. The van der Waals surface area contributed by atoms with E-state index < -0.39 is 7.12 Å². The van der Waals surface area contributed by atoms with Crippen molar-refractivity contribution in [3.63, 3.8) is 0 Å². The van der Waals surface area contributed by atoms with Crippen LogP contribution < -0.4 is 33.0 Å². The summed E-state index contributed by atoms with van der Waals surface area (Å²) in [5.74, 6) is 6.89. The summed E-state index contributed by atoms with van der Waals surface area (Å²) in [5.41, 5.74) is 36.7. The highest BCUT2D eigenvalue weighted by Crippen LogP contribution is 2.37. The van der Waals surface area contributed by atoms with E-state index in [2.05, 4.69) is 268 Å². The normalized spacial score (nSPS) is 10.7. The minimum Gasteiger partial charge on any atom is -0.423 e. The molecule has 0 radical (unpaired) electrons. The molecule has 13 rings (SSSR count). The first-order chi connectivity index (χ1) is 58.7. The second-order valence-corrected chi connectivity index (χ2v) is 34.8. The number of anilines is 3. The summed E-state index contributed by atoms with van der Waals surface area (Å²) < 4.78 is 4.16. The second-order valence-electron chi connectivity index (χ2n) is 32.5. The van der Waals surface area contributed by atoms with Crippen LogP contribution in [0.1, 0.15) is 175 Å². The van der Waals surface area contributed by atoms with Gasteiger partial charge in [-0.15, -0.1) is 10.2 Å². The highest BCUT2D eigenvalue weighted by molar-refractivity contribution is 9.10. The number of halogens is 4. The molecule has 0 aliphatic carbocycles. The summed E-state index contributed by atoms with van der Waals surface area (Å²) >= 11 is 17.8. The zero-order valence-electron chi connectivity index (χ0n) is 74.1. The Morgan fingerprint density at radius 2 is 0.854 bits per heavy atom. The summed E-state index contributed by atoms with van der Waals surface area (Å²) in [6.07, 6.45) is 10.3. The van der Waals surface area contributed by atoms with Gasteiger partial charge in [0.15, 0.2) is 5.82 Å². The van der Waals surface area contributed by atoms with E-state index in [0.717, 1.165) is 123 Å². The molecule has 12 aromatic carbocycles. The molecule has 0 bridgehead atoms. The second kappa shape index (κ2) is 51.5. The smallest absolute Gasteiger partial charge is 0.423 e. The molecule has 10 N–H and O–H groups in total. The predicted molar refractivity (Wildman–Crippen MR) is 530 cm³/mol. The van der Waals surface area contributed by atoms with Crippen LogP contribution in [0.5, 0.6) is 0 Å². The van der Waals surface area contributed by atoms with Crippen molar-refractivity contribution in [2.45, 2.75) is 173 Å². The van der Waals surface area contributed by atoms with Gasteiger partial charge in [-0.3, -0.25) is 29.2 Å². The third kappa shape index (κ3) is 33.2. The van der Waals surface area contributed by atoms with E-state index in [9.17, 15) is 14.4 Å². The first-order valence-electron chi connectivity index (χ1n) is 41.9. The van der Waals surface area contributed by atoms with E-state index >= 15 is 0 Å². The Morgan fingerprint density at radius 1 is 0.439 bits per heavy atom. The molecule has 0 spiro atoms. The third-order valence-electron chi connectivity index (χ3n) is 21.0. The number of Topliss-reactive ketones (excluding diaryl/α,β-unsaturated/α-hetero) is 1. The first-order valence-corrected chi connectivity index (χ1v) is 44.2. The van der Waals surface area contributed by atoms with Crippen molar-refractivity contribution in [3.05, 3.63) is 350 Å². The Morgan fingerprint density at radius 3 is 1.27 bits per heavy atom. The Hall–Kier alpha value is -10.5. The SMILES string of the molecule is CCCCC(C)(C)C(=O)Cc1ccc(-c2ccccc2)cc1C.CCCCC(C)(C)C(=O)Cl.CCCCC(C)(C)c1nnc(-c2cccc(Br)c2)n1-c1ccc(-c2ccccc2)cc1C.Cc1cc(-c2ccccc2)ccc1N.Cc1cc(-c2ccccc2)ccc1NCl.Cc1ccc(N)c(C)c1.NNC(=O)c1cccc(Br)c1.OB(O)c1ccccc1. The molecule has 0 aliphatic heterocycles. The van der Waals surface area contributed by atoms with Crippen molar-refractivity contribution in [2.75, 3.05) is 16.3 Å². The fraction of sp³-hybridized carbons (Fsp3) is 0.267. The maximum absolute atomic E-state index is 12.6. The maximum atomic E-state index is 12.6. The number of hydrogen-bond donors (Lipinski definition) is 7. The van der Waals surface area contributed by atoms with E-state index in [1.807, 2.05) is 131 Å². The number of hydrazine groups is 1. The molecule has 0 fully saturated rings. The number of aryl methyl sites for hydroxylation is 6. The molecule has 13 aromatic rings. The average molecular weight is 1820 g/mol. The van der Waals surface area contributed by atoms with Gasteiger partial charge in [0.25, 0.3) is 5.91 Å². The van der Waals surface area contributed by atoms with Crippen LogP contribution in [0, 0.1) is 52.4 Å². The van der Waals surface area contributed by atoms with Crippen LogP contribution in [0.15, 0.2) is 300 Å². The van der Waals surface area contributed by atoms with Gasteiger partial charge in [0.05, 0.1) is 11.4 Å². The first kappa shape index (κ1) is 101. The Bertz CT molecular complexity index is 5410. The van der Waals surface area contributed by atoms with E-state index in [0.29, 0.717) is 23.2 Å². The highest BCUT2D eigenvalue weighted by atomic mass is 79.9. The zero-order chi connectivity index (χ0) is 90.2. The maximum Gasteiger partial charge on any atom is 0.488 e. The number of nitrogens with zero attached hydrogens (tertiary/aromatic N) is 3. The van der Waals surface area contributed by atoms with Gasteiger partial charge >= 0.3 is 7.12 Å². The van der Waals surface area contributed by atoms with Crippen molar-refractivity contribution in [1.29, 1.82) is 0 Å². The van der Waals surface area contributed by atoms with Gasteiger partial charge in [0.2, 0.25) is 5.24 Å². The van der Waals surface area contributed by atoms with Crippen molar-refractivity contribution in [3.8, 4) is 61.6 Å². The van der Waals surface area contributed by atoms with Crippen LogP contribution in [-0.4, -0.2) is 48.9 Å². The molecule has 1 amide bonds. The summed E-state index contributed by atoms with van der Waals surface area (Å²) in [6.45, 7) is 31.4. The van der Waals surface area contributed by atoms with Crippen LogP contribution in [0.4, 0.5) is 17.1 Å². The number of carbonyl (C=O) groups excluding carboxylic acids is 3. The largest absolute Gasteiger partial charge is 0.488 e. The lowest BCUT2D eigenvalue weighted by atomic mass is 9.80. The van der Waals surface area contributed by atoms with Crippen molar-refractivity contribution < 1.29 is 24.4 Å². The Balaban J connectivity index is 0.000000228. The molecule has 18 heteroatoms. The number of nitrogens with two attached hydrogens (primary N) is 3. The van der Waals surface area contributed by atoms with Crippen molar-refractivity contribution in [1.82, 2.24) is 20.2 Å². The lowest BCUT2D eigenvalue weighted by molar-refractivity contribution is -0.126. The molecule has 0 unspecified atom stereocenters. The van der Waals surface area contributed by atoms with Gasteiger partial charge in [-0.1, -0.05) is 357 Å². The summed E-state index contributed by atoms with van der Waals surface area (Å²) in [7, 11) is -1.34. The number of nitrogens with one attached hydrogen (secondary N) is 2. The fourth-order valence-electron chi connectivity index (χ4n) is 13.0. The monoisotopic (exact) mass is 1810 g/mol. The van der Waals surface area contributed by atoms with Gasteiger partial charge in [-0.25, -0.2) is 5.84 Å². The quantitative estimate of drug-likeness (QED) is 0.00607. The number of nitrogen functional groups attached to an aromatic ring is 3. The number of rotatable bonds is 23. The van der Waals surface area contributed by atoms with E-state index in [4.69, 9.17) is 60.9 Å². The fourth-order valence-corrected chi connectivity index (χ4v) is 14.1. The standard InChI is InChI=1S/C28H30BrN3.C22H28O.C13H12ClN.C13H13N.C8H15ClO.C8H11N.C7H7BrN2O.C6H7BO2/c1-5-6-17-28(3,4)27-31-30-26(23-13-10-14-24(29)19-23)32(27)25-16-15-22(18-20(25)2)21-11-8-7-9-12-21;1-5-6-14-22(3,4)21(23)16-19-12-13-20(15-17(19)2)18-10-8-7-9-11-18;1-10-9-12(7-8-13(10)15-14)11-5-3-2-4-6-11;1-10-9-12(7-8-13(10)14)11-5-3-2-4-6-11;1-4-5-6-8(2,3)7(9)10;1-6-3-4-8(9)7(2)5-6;8-6-3-1-2-5(4-6)7(11)10-9;8-7(9)6-4-2-1-3-5-6/h7-16,18-19H,5-6,17H2,1-4H3;7-13,15H,5-6,14,16H2,1-4H3;2-9,15H,1H3;2-9H,14H2,1H3;4-6H2,1-3H3;3-5H,9H2,1-2H3;1-4H,9H2,(H,10,11);1-5,8-9H. The number of amides is 1. The number of benzene rings is 12. The summed E-state index contributed by atoms with van der Waals surface area (Å²) in [5, 5.41) is 26.4. The zero-order valence-corrected chi connectivity index (χ0v) is 78.7. The lowest BCUT2D eigenvalue weighted by Crippen LogP contribution is -2.29. The van der Waals surface area contributed by atoms with Crippen molar-refractivity contribution >= 4 is 102 Å². The van der Waals surface area contributed by atoms with Crippen molar-refractivity contribution in [2.24, 2.45) is 16.7 Å². The van der Waals surface area contributed by atoms with Crippen LogP contribution >= 0.6 is 55.2 Å². The number of aromatic nitrogens is 3. The minimum absolute atomic E-state index is 0.0855. The molecule has 1 aromatic heterocycles. The molecule has 0 saturated heterocycles. The molecule has 644 valence electrons. The minimum atomic E-state index is -1.34. The molecule has 0 atom stereocenters. The molecular weight excluding hydrogens is 1690 g/mol. The number of carbonyl (C=O) groups is 3.